The summed E-state index contributed by atoms with van der Waals surface area (Å²) >= 11 is 1.48. The Labute approximate surface area is 117 Å². The molecule has 0 saturated heterocycles. The maximum Gasteiger partial charge on any atom is 0.411 e. The van der Waals surface area contributed by atoms with Gasteiger partial charge in [0.05, 0.1) is 12.0 Å². The zero-order valence-corrected chi connectivity index (χ0v) is 11.4. The second kappa shape index (κ2) is 5.80. The van der Waals surface area contributed by atoms with Crippen LogP contribution in [-0.2, 0) is 4.74 Å². The average molecular weight is 306 g/mol. The van der Waals surface area contributed by atoms with Crippen LogP contribution < -0.4 is 11.1 Å². The number of nitrogens with two attached hydrogens (primary N) is 1. The van der Waals surface area contributed by atoms with E-state index >= 15 is 0 Å². The number of thiophene rings is 1. The molecule has 2 aromatic rings. The third kappa shape index (κ3) is 3.94. The van der Waals surface area contributed by atoms with E-state index in [0.717, 1.165) is 15.1 Å². The standard InChI is InChI=1S/C11H13F3N4OS/c1-6-4-7-8(17-10(15)18-9(7)20-6)16-2-3-19-5-11(12,13)14/h4H,2-3,5H2,1H3,(H3,15,16,17,18). The van der Waals surface area contributed by atoms with Crippen molar-refractivity contribution >= 4 is 33.3 Å². The van der Waals surface area contributed by atoms with Gasteiger partial charge in [0.2, 0.25) is 5.95 Å². The second-order valence-corrected chi connectivity index (χ2v) is 5.34. The van der Waals surface area contributed by atoms with Gasteiger partial charge >= 0.3 is 6.18 Å². The molecule has 0 bridgehead atoms. The Morgan fingerprint density at radius 3 is 2.85 bits per heavy atom. The highest BCUT2D eigenvalue weighted by Gasteiger charge is 2.27. The third-order valence-corrected chi connectivity index (χ3v) is 3.28. The summed E-state index contributed by atoms with van der Waals surface area (Å²) in [5, 5.41) is 3.71. The van der Waals surface area contributed by atoms with Gasteiger partial charge in [-0.25, -0.2) is 4.98 Å². The van der Waals surface area contributed by atoms with Crippen molar-refractivity contribution < 1.29 is 17.9 Å². The summed E-state index contributed by atoms with van der Waals surface area (Å²) < 4.78 is 40.2. The topological polar surface area (TPSA) is 73.1 Å². The zero-order valence-electron chi connectivity index (χ0n) is 10.6. The van der Waals surface area contributed by atoms with E-state index in [1.54, 1.807) is 0 Å². The molecule has 0 fully saturated rings. The highest BCUT2D eigenvalue weighted by Crippen LogP contribution is 2.28. The van der Waals surface area contributed by atoms with Gasteiger partial charge in [-0.2, -0.15) is 18.2 Å². The maximum absolute atomic E-state index is 11.9. The first kappa shape index (κ1) is 14.8. The smallest absolute Gasteiger partial charge is 0.370 e. The van der Waals surface area contributed by atoms with Gasteiger partial charge in [-0.1, -0.05) is 0 Å². The van der Waals surface area contributed by atoms with Crippen LogP contribution in [0, 0.1) is 6.92 Å². The van der Waals surface area contributed by atoms with Gasteiger partial charge in [-0.15, -0.1) is 11.3 Å². The molecule has 0 aliphatic heterocycles. The number of aryl methyl sites for hydroxylation is 1. The van der Waals surface area contributed by atoms with Crippen LogP contribution in [0.15, 0.2) is 6.07 Å². The van der Waals surface area contributed by atoms with Crippen LogP contribution in [0.1, 0.15) is 4.88 Å². The van der Waals surface area contributed by atoms with Crippen molar-refractivity contribution in [2.75, 3.05) is 30.8 Å². The number of nitrogens with zero attached hydrogens (tertiary/aromatic N) is 2. The zero-order chi connectivity index (χ0) is 14.8. The van der Waals surface area contributed by atoms with E-state index in [9.17, 15) is 13.2 Å². The van der Waals surface area contributed by atoms with Crippen molar-refractivity contribution in [3.8, 4) is 0 Å². The van der Waals surface area contributed by atoms with Crippen molar-refractivity contribution in [3.05, 3.63) is 10.9 Å². The molecule has 110 valence electrons. The first-order valence-electron chi connectivity index (χ1n) is 5.77. The second-order valence-electron chi connectivity index (χ2n) is 4.10. The van der Waals surface area contributed by atoms with Crippen molar-refractivity contribution in [2.45, 2.75) is 13.1 Å². The van der Waals surface area contributed by atoms with Crippen molar-refractivity contribution in [3.63, 3.8) is 0 Å². The number of ether oxygens (including phenoxy) is 1. The molecule has 2 rings (SSSR count). The minimum absolute atomic E-state index is 0.0754. The lowest BCUT2D eigenvalue weighted by Gasteiger charge is -2.09. The van der Waals surface area contributed by atoms with Gasteiger partial charge in [0.1, 0.15) is 17.3 Å². The maximum atomic E-state index is 11.9. The lowest BCUT2D eigenvalue weighted by Crippen LogP contribution is -2.20. The Hall–Kier alpha value is -1.61. The van der Waals surface area contributed by atoms with Crippen LogP contribution in [0.25, 0.3) is 10.2 Å². The van der Waals surface area contributed by atoms with Crippen molar-refractivity contribution in [1.29, 1.82) is 0 Å². The predicted octanol–water partition coefficient (Wildman–Crippen LogP) is 2.57. The minimum Gasteiger partial charge on any atom is -0.370 e. The summed E-state index contributed by atoms with van der Waals surface area (Å²) in [5.41, 5.74) is 5.59. The molecule has 5 nitrogen and oxygen atoms in total. The molecule has 0 aliphatic rings. The number of nitrogens with one attached hydrogen (secondary N) is 1. The van der Waals surface area contributed by atoms with Crippen LogP contribution in [0.5, 0.6) is 0 Å². The quantitative estimate of drug-likeness (QED) is 0.831. The number of aromatic nitrogens is 2. The summed E-state index contributed by atoms with van der Waals surface area (Å²) in [6.45, 7) is 0.802. The molecule has 20 heavy (non-hydrogen) atoms. The van der Waals surface area contributed by atoms with Crippen molar-refractivity contribution in [1.82, 2.24) is 9.97 Å². The Bertz CT molecular complexity index is 599. The van der Waals surface area contributed by atoms with Gasteiger partial charge in [-0.05, 0) is 13.0 Å². The molecule has 0 aliphatic carbocycles. The number of hydrogen-bond donors (Lipinski definition) is 2. The summed E-state index contributed by atoms with van der Waals surface area (Å²) in [5.74, 6) is 0.630. The molecular formula is C11H13F3N4OS. The fraction of sp³-hybridized carbons (Fsp3) is 0.455. The van der Waals surface area contributed by atoms with Crippen molar-refractivity contribution in [2.24, 2.45) is 0 Å². The molecule has 9 heteroatoms. The summed E-state index contributed by atoms with van der Waals surface area (Å²) in [4.78, 5) is 9.94. The van der Waals surface area contributed by atoms with Crippen LogP contribution in [0.3, 0.4) is 0 Å². The lowest BCUT2D eigenvalue weighted by atomic mass is 10.3. The molecule has 0 saturated carbocycles. The number of nitrogen functional groups attached to an aromatic ring is 1. The number of alkyl halides is 3. The molecule has 0 spiro atoms. The molecule has 0 atom stereocenters. The van der Waals surface area contributed by atoms with E-state index < -0.39 is 12.8 Å². The van der Waals surface area contributed by atoms with Gasteiger partial charge in [0.15, 0.2) is 0 Å². The number of halogens is 3. The van der Waals surface area contributed by atoms with E-state index in [1.807, 2.05) is 13.0 Å². The average Bonchev–Trinajstić information content (AvgIpc) is 2.67. The Balaban J connectivity index is 1.96. The first-order valence-corrected chi connectivity index (χ1v) is 6.59. The number of hydrogen-bond acceptors (Lipinski definition) is 6. The van der Waals surface area contributed by atoms with Crippen LogP contribution in [0.4, 0.5) is 24.9 Å². The number of fused-ring (bicyclic) bond motifs is 1. The summed E-state index contributed by atoms with van der Waals surface area (Å²) in [6.07, 6.45) is -4.31. The molecule has 0 amide bonds. The largest absolute Gasteiger partial charge is 0.411 e. The molecule has 0 unspecified atom stereocenters. The van der Waals surface area contributed by atoms with E-state index in [-0.39, 0.29) is 19.1 Å². The van der Waals surface area contributed by atoms with Gasteiger partial charge in [-0.3, -0.25) is 0 Å². The van der Waals surface area contributed by atoms with Gasteiger partial charge in [0.25, 0.3) is 0 Å². The molecular weight excluding hydrogens is 293 g/mol. The van der Waals surface area contributed by atoms with Gasteiger partial charge in [0, 0.05) is 11.4 Å². The predicted molar refractivity (Wildman–Crippen MR) is 71.9 cm³/mol. The van der Waals surface area contributed by atoms with Crippen LogP contribution >= 0.6 is 11.3 Å². The summed E-state index contributed by atoms with van der Waals surface area (Å²) in [6, 6.07) is 1.90. The van der Waals surface area contributed by atoms with Crippen LogP contribution in [-0.4, -0.2) is 35.9 Å². The minimum atomic E-state index is -4.31. The van der Waals surface area contributed by atoms with E-state index in [0.29, 0.717) is 5.82 Å². The fourth-order valence-corrected chi connectivity index (χ4v) is 2.51. The van der Waals surface area contributed by atoms with E-state index in [1.165, 1.54) is 11.3 Å². The molecule has 2 heterocycles. The van der Waals surface area contributed by atoms with E-state index in [2.05, 4.69) is 20.0 Å². The number of rotatable bonds is 5. The molecule has 3 N–H and O–H groups in total. The monoisotopic (exact) mass is 306 g/mol. The molecule has 2 aromatic heterocycles. The lowest BCUT2D eigenvalue weighted by molar-refractivity contribution is -0.172. The Kier molecular flexibility index (Phi) is 4.29. The molecule has 0 aromatic carbocycles. The first-order chi connectivity index (χ1) is 9.35. The highest BCUT2D eigenvalue weighted by molar-refractivity contribution is 7.18. The normalized spacial score (nSPS) is 12.0. The van der Waals surface area contributed by atoms with Crippen LogP contribution in [0.2, 0.25) is 0 Å². The van der Waals surface area contributed by atoms with E-state index in [4.69, 9.17) is 5.73 Å². The SMILES string of the molecule is Cc1cc2c(NCCOCC(F)(F)F)nc(N)nc2s1. The Morgan fingerprint density at radius 1 is 1.40 bits per heavy atom. The van der Waals surface area contributed by atoms with Gasteiger partial charge < -0.3 is 15.8 Å². The summed E-state index contributed by atoms with van der Waals surface area (Å²) in [7, 11) is 0. The molecule has 0 radical (unpaired) electrons. The highest BCUT2D eigenvalue weighted by atomic mass is 32.1. The fourth-order valence-electron chi connectivity index (χ4n) is 1.62. The third-order valence-electron chi connectivity index (χ3n) is 2.34. The number of anilines is 2. The Morgan fingerprint density at radius 2 is 2.15 bits per heavy atom.